The van der Waals surface area contributed by atoms with Crippen LogP contribution in [0.5, 0.6) is 0 Å². The van der Waals surface area contributed by atoms with Gasteiger partial charge in [0.05, 0.1) is 12.7 Å². The van der Waals surface area contributed by atoms with Crippen LogP contribution in [-0.2, 0) is 6.54 Å². The molecule has 1 heterocycles. The van der Waals surface area contributed by atoms with Crippen LogP contribution in [0.2, 0.25) is 0 Å². The van der Waals surface area contributed by atoms with Crippen molar-refractivity contribution >= 4 is 17.3 Å². The third kappa shape index (κ3) is 5.31. The molecule has 0 amide bonds. The first-order valence-corrected chi connectivity index (χ1v) is 5.59. The van der Waals surface area contributed by atoms with Crippen molar-refractivity contribution in [1.82, 2.24) is 25.6 Å². The zero-order valence-corrected chi connectivity index (χ0v) is 9.76. The van der Waals surface area contributed by atoms with E-state index in [-0.39, 0.29) is 0 Å². The van der Waals surface area contributed by atoms with Gasteiger partial charge >= 0.3 is 0 Å². The van der Waals surface area contributed by atoms with Crippen molar-refractivity contribution in [2.45, 2.75) is 26.3 Å². The first kappa shape index (κ1) is 11.9. The summed E-state index contributed by atoms with van der Waals surface area (Å²) in [5.74, 6) is 0. The molecule has 0 bridgehead atoms. The Morgan fingerprint density at radius 2 is 2.20 bits per heavy atom. The second-order valence-electron chi connectivity index (χ2n) is 3.20. The van der Waals surface area contributed by atoms with Crippen molar-refractivity contribution in [1.29, 1.82) is 0 Å². The van der Waals surface area contributed by atoms with Crippen LogP contribution in [0.4, 0.5) is 0 Å². The van der Waals surface area contributed by atoms with E-state index < -0.39 is 0 Å². The van der Waals surface area contributed by atoms with E-state index in [1.54, 1.807) is 10.9 Å². The number of rotatable bonds is 6. The van der Waals surface area contributed by atoms with Gasteiger partial charge < -0.3 is 10.6 Å². The molecule has 2 N–H and O–H groups in total. The molecule has 0 fully saturated rings. The summed E-state index contributed by atoms with van der Waals surface area (Å²) in [6, 6.07) is 0. The molecule has 0 unspecified atom stereocenters. The van der Waals surface area contributed by atoms with E-state index in [0.717, 1.165) is 26.1 Å². The number of nitrogens with zero attached hydrogens (tertiary/aromatic N) is 3. The van der Waals surface area contributed by atoms with Crippen LogP contribution in [0.15, 0.2) is 12.4 Å². The normalized spacial score (nSPS) is 9.93. The molecule has 0 radical (unpaired) electrons. The van der Waals surface area contributed by atoms with Crippen LogP contribution in [-0.4, -0.2) is 33.2 Å². The third-order valence-corrected chi connectivity index (χ3v) is 2.20. The monoisotopic (exact) mass is 227 g/mol. The van der Waals surface area contributed by atoms with Gasteiger partial charge in [-0.3, -0.25) is 4.68 Å². The van der Waals surface area contributed by atoms with Crippen molar-refractivity contribution < 1.29 is 0 Å². The fourth-order valence-corrected chi connectivity index (χ4v) is 1.28. The van der Waals surface area contributed by atoms with Crippen LogP contribution < -0.4 is 10.6 Å². The minimum atomic E-state index is 0.712. The average Bonchev–Trinajstić information content (AvgIpc) is 2.71. The second-order valence-corrected chi connectivity index (χ2v) is 3.61. The van der Waals surface area contributed by atoms with E-state index >= 15 is 0 Å². The Morgan fingerprint density at radius 3 is 2.87 bits per heavy atom. The number of thiocarbonyl (C=S) groups is 1. The van der Waals surface area contributed by atoms with E-state index in [0.29, 0.717) is 5.11 Å². The Labute approximate surface area is 95.2 Å². The maximum atomic E-state index is 5.09. The summed E-state index contributed by atoms with van der Waals surface area (Å²) >= 11 is 5.09. The fourth-order valence-electron chi connectivity index (χ4n) is 1.08. The highest BCUT2D eigenvalue weighted by atomic mass is 32.1. The molecule has 0 saturated heterocycles. The average molecular weight is 227 g/mol. The van der Waals surface area contributed by atoms with Gasteiger partial charge in [0.2, 0.25) is 0 Å². The zero-order chi connectivity index (χ0) is 10.9. The summed E-state index contributed by atoms with van der Waals surface area (Å²) in [6.07, 6.45) is 5.81. The van der Waals surface area contributed by atoms with E-state index in [2.05, 4.69) is 27.9 Å². The number of aromatic nitrogens is 3. The van der Waals surface area contributed by atoms with Gasteiger partial charge in [0.1, 0.15) is 0 Å². The summed E-state index contributed by atoms with van der Waals surface area (Å²) in [7, 11) is 0. The maximum absolute atomic E-state index is 5.09. The van der Waals surface area contributed by atoms with E-state index in [1.807, 2.05) is 6.20 Å². The summed E-state index contributed by atoms with van der Waals surface area (Å²) in [5, 5.41) is 14.5. The van der Waals surface area contributed by atoms with Gasteiger partial charge in [0, 0.05) is 19.3 Å². The highest BCUT2D eigenvalue weighted by molar-refractivity contribution is 7.80. The molecule has 5 nitrogen and oxygen atoms in total. The molecule has 0 aliphatic rings. The quantitative estimate of drug-likeness (QED) is 0.549. The molecule has 1 rings (SSSR count). The van der Waals surface area contributed by atoms with Crippen molar-refractivity contribution in [2.75, 3.05) is 13.1 Å². The van der Waals surface area contributed by atoms with Gasteiger partial charge in [-0.15, -0.1) is 5.10 Å². The summed E-state index contributed by atoms with van der Waals surface area (Å²) < 4.78 is 1.77. The van der Waals surface area contributed by atoms with Gasteiger partial charge in [-0.05, 0) is 18.6 Å². The van der Waals surface area contributed by atoms with Crippen molar-refractivity contribution in [2.24, 2.45) is 0 Å². The number of unbranched alkanes of at least 4 members (excludes halogenated alkanes) is 1. The molecular weight excluding hydrogens is 210 g/mol. The second kappa shape index (κ2) is 7.17. The summed E-state index contributed by atoms with van der Waals surface area (Å²) in [6.45, 7) is 4.63. The van der Waals surface area contributed by atoms with E-state index in [1.165, 1.54) is 6.42 Å². The Balaban J connectivity index is 2.02. The fraction of sp³-hybridized carbons (Fsp3) is 0.667. The number of nitrogens with one attached hydrogen (secondary N) is 2. The maximum Gasteiger partial charge on any atom is 0.166 e. The number of hydrogen-bond acceptors (Lipinski definition) is 3. The molecular formula is C9H17N5S. The molecule has 0 aliphatic carbocycles. The molecule has 1 aromatic heterocycles. The van der Waals surface area contributed by atoms with E-state index in [4.69, 9.17) is 12.2 Å². The molecule has 15 heavy (non-hydrogen) atoms. The standard InChI is InChI=1S/C9H17N5S/c1-2-3-4-10-9(15)11-5-7-14-8-6-12-13-14/h6,8H,2-5,7H2,1H3,(H2,10,11,15). The van der Waals surface area contributed by atoms with Crippen LogP contribution in [0, 0.1) is 0 Å². The first-order chi connectivity index (χ1) is 7.33. The van der Waals surface area contributed by atoms with Gasteiger partial charge in [-0.25, -0.2) is 0 Å². The van der Waals surface area contributed by atoms with Crippen molar-refractivity contribution in [3.63, 3.8) is 0 Å². The van der Waals surface area contributed by atoms with E-state index in [9.17, 15) is 0 Å². The zero-order valence-electron chi connectivity index (χ0n) is 8.94. The largest absolute Gasteiger partial charge is 0.363 e. The van der Waals surface area contributed by atoms with Crippen LogP contribution in [0.3, 0.4) is 0 Å². The van der Waals surface area contributed by atoms with Crippen LogP contribution in [0.25, 0.3) is 0 Å². The lowest BCUT2D eigenvalue weighted by Crippen LogP contribution is -2.37. The van der Waals surface area contributed by atoms with Crippen LogP contribution in [0.1, 0.15) is 19.8 Å². The molecule has 0 atom stereocenters. The summed E-state index contributed by atoms with van der Waals surface area (Å²) in [4.78, 5) is 0. The molecule has 0 aromatic carbocycles. The van der Waals surface area contributed by atoms with Crippen LogP contribution >= 0.6 is 12.2 Å². The number of hydrogen-bond donors (Lipinski definition) is 2. The van der Waals surface area contributed by atoms with Gasteiger partial charge in [-0.2, -0.15) is 0 Å². The Hall–Kier alpha value is -1.17. The predicted octanol–water partition coefficient (Wildman–Crippen LogP) is 0.542. The molecule has 0 spiro atoms. The highest BCUT2D eigenvalue weighted by Crippen LogP contribution is 1.83. The Bertz CT molecular complexity index is 272. The predicted molar refractivity (Wildman–Crippen MR) is 63.5 cm³/mol. The first-order valence-electron chi connectivity index (χ1n) is 5.18. The minimum absolute atomic E-state index is 0.712. The molecule has 6 heteroatoms. The lowest BCUT2D eigenvalue weighted by atomic mass is 10.3. The topological polar surface area (TPSA) is 54.8 Å². The lowest BCUT2D eigenvalue weighted by molar-refractivity contribution is 0.577. The van der Waals surface area contributed by atoms with Gasteiger partial charge in [-0.1, -0.05) is 18.6 Å². The van der Waals surface area contributed by atoms with Gasteiger partial charge in [0.15, 0.2) is 5.11 Å². The molecule has 1 aromatic rings. The Kier molecular flexibility index (Phi) is 5.69. The Morgan fingerprint density at radius 1 is 1.40 bits per heavy atom. The lowest BCUT2D eigenvalue weighted by Gasteiger charge is -2.09. The third-order valence-electron chi connectivity index (χ3n) is 1.91. The van der Waals surface area contributed by atoms with Gasteiger partial charge in [0.25, 0.3) is 0 Å². The summed E-state index contributed by atoms with van der Waals surface area (Å²) in [5.41, 5.74) is 0. The van der Waals surface area contributed by atoms with Crippen molar-refractivity contribution in [3.8, 4) is 0 Å². The van der Waals surface area contributed by atoms with Crippen molar-refractivity contribution in [3.05, 3.63) is 12.4 Å². The highest BCUT2D eigenvalue weighted by Gasteiger charge is 1.94. The smallest absolute Gasteiger partial charge is 0.166 e. The minimum Gasteiger partial charge on any atom is -0.363 e. The molecule has 84 valence electrons. The molecule has 0 saturated carbocycles. The molecule has 0 aliphatic heterocycles. The SMILES string of the molecule is CCCCNC(=S)NCCn1ccnn1.